The summed E-state index contributed by atoms with van der Waals surface area (Å²) >= 11 is 0. The fraction of sp³-hybridized carbons (Fsp3) is 1.00. The molecular weight excluding hydrogens is 200 g/mol. The molecule has 0 heterocycles. The van der Waals surface area contributed by atoms with Crippen LogP contribution in [0, 0.1) is 10.8 Å². The quantitative estimate of drug-likeness (QED) is 0.683. The molecular formula is C14H30O2. The molecule has 0 spiro atoms. The number of aliphatic hydroxyl groups is 2. The van der Waals surface area contributed by atoms with Crippen molar-refractivity contribution >= 4 is 0 Å². The maximum absolute atomic E-state index is 10.2. The summed E-state index contributed by atoms with van der Waals surface area (Å²) in [6.45, 7) is 12.5. The van der Waals surface area contributed by atoms with E-state index >= 15 is 0 Å². The zero-order valence-electron chi connectivity index (χ0n) is 11.9. The molecule has 1 atom stereocenters. The Morgan fingerprint density at radius 3 is 1.75 bits per heavy atom. The van der Waals surface area contributed by atoms with Crippen molar-refractivity contribution in [3.8, 4) is 0 Å². The minimum absolute atomic E-state index is 0.119. The number of hydrogen-bond donors (Lipinski definition) is 2. The van der Waals surface area contributed by atoms with Gasteiger partial charge in [-0.05, 0) is 24.7 Å². The summed E-state index contributed by atoms with van der Waals surface area (Å²) in [6.07, 6.45) is 4.25. The molecule has 0 saturated carbocycles. The molecule has 0 radical (unpaired) electrons. The normalized spacial score (nSPS) is 17.2. The van der Waals surface area contributed by atoms with Crippen LogP contribution in [0.5, 0.6) is 0 Å². The lowest BCUT2D eigenvalue weighted by Crippen LogP contribution is -2.48. The van der Waals surface area contributed by atoms with Crippen LogP contribution >= 0.6 is 0 Å². The molecule has 16 heavy (non-hydrogen) atoms. The average Bonchev–Trinajstić information content (AvgIpc) is 2.11. The van der Waals surface area contributed by atoms with Gasteiger partial charge in [-0.25, -0.2) is 0 Å². The van der Waals surface area contributed by atoms with E-state index in [0.29, 0.717) is 6.42 Å². The zero-order chi connectivity index (χ0) is 13.0. The van der Waals surface area contributed by atoms with Crippen LogP contribution in [0.4, 0.5) is 0 Å². The second kappa shape index (κ2) is 5.50. The predicted molar refractivity (Wildman–Crippen MR) is 69.2 cm³/mol. The predicted octanol–water partition coefficient (Wildman–Crippen LogP) is 3.71. The van der Waals surface area contributed by atoms with Crippen molar-refractivity contribution in [2.45, 2.75) is 79.4 Å². The first-order valence-electron chi connectivity index (χ1n) is 6.53. The lowest BCUT2D eigenvalue weighted by Gasteiger charge is -2.44. The van der Waals surface area contributed by atoms with Gasteiger partial charge in [-0.2, -0.15) is 0 Å². The van der Waals surface area contributed by atoms with Gasteiger partial charge in [0.2, 0.25) is 0 Å². The maximum atomic E-state index is 10.2. The molecule has 0 bridgehead atoms. The number of hydrogen-bond acceptors (Lipinski definition) is 2. The number of rotatable bonds is 6. The summed E-state index contributed by atoms with van der Waals surface area (Å²) < 4.78 is 0. The largest absolute Gasteiger partial charge is 0.365 e. The van der Waals surface area contributed by atoms with Crippen molar-refractivity contribution in [2.75, 3.05) is 0 Å². The average molecular weight is 230 g/mol. The van der Waals surface area contributed by atoms with Crippen LogP contribution in [0.25, 0.3) is 0 Å². The Balaban J connectivity index is 4.88. The van der Waals surface area contributed by atoms with E-state index in [0.717, 1.165) is 25.7 Å². The lowest BCUT2D eigenvalue weighted by atomic mass is 9.66. The van der Waals surface area contributed by atoms with Crippen molar-refractivity contribution < 1.29 is 10.2 Å². The minimum atomic E-state index is -1.55. The molecule has 0 fully saturated rings. The van der Waals surface area contributed by atoms with Gasteiger partial charge in [0, 0.05) is 5.41 Å². The monoisotopic (exact) mass is 230 g/mol. The summed E-state index contributed by atoms with van der Waals surface area (Å²) in [6, 6.07) is 0. The van der Waals surface area contributed by atoms with Crippen LogP contribution < -0.4 is 0 Å². The third-order valence-electron chi connectivity index (χ3n) is 3.46. The van der Waals surface area contributed by atoms with Crippen LogP contribution in [0.2, 0.25) is 0 Å². The maximum Gasteiger partial charge on any atom is 0.167 e. The standard InChI is InChI=1S/C14H30O2/c1-7-9-10-13(6,11-12(3,4)5)14(15,16)8-2/h15-16H,7-11H2,1-6H3. The Labute approximate surface area is 101 Å². The van der Waals surface area contributed by atoms with Crippen LogP contribution in [-0.4, -0.2) is 16.0 Å². The molecule has 2 nitrogen and oxygen atoms in total. The van der Waals surface area contributed by atoms with E-state index < -0.39 is 11.2 Å². The van der Waals surface area contributed by atoms with E-state index in [9.17, 15) is 10.2 Å². The first-order chi connectivity index (χ1) is 7.08. The van der Waals surface area contributed by atoms with E-state index in [4.69, 9.17) is 0 Å². The molecule has 98 valence electrons. The van der Waals surface area contributed by atoms with Gasteiger partial charge in [0.05, 0.1) is 0 Å². The van der Waals surface area contributed by atoms with Gasteiger partial charge in [0.1, 0.15) is 0 Å². The molecule has 0 aliphatic heterocycles. The van der Waals surface area contributed by atoms with Crippen molar-refractivity contribution in [3.05, 3.63) is 0 Å². The van der Waals surface area contributed by atoms with Crippen LogP contribution in [0.3, 0.4) is 0 Å². The second-order valence-corrected chi connectivity index (χ2v) is 6.57. The van der Waals surface area contributed by atoms with Crippen molar-refractivity contribution in [1.82, 2.24) is 0 Å². The Kier molecular flexibility index (Phi) is 5.48. The van der Waals surface area contributed by atoms with Crippen molar-refractivity contribution in [1.29, 1.82) is 0 Å². The fourth-order valence-corrected chi connectivity index (χ4v) is 2.59. The molecule has 2 N–H and O–H groups in total. The first-order valence-corrected chi connectivity index (χ1v) is 6.53. The highest BCUT2D eigenvalue weighted by molar-refractivity contribution is 4.90. The smallest absolute Gasteiger partial charge is 0.167 e. The fourth-order valence-electron chi connectivity index (χ4n) is 2.59. The topological polar surface area (TPSA) is 40.5 Å². The van der Waals surface area contributed by atoms with Crippen LogP contribution in [0.15, 0.2) is 0 Å². The summed E-state index contributed by atoms with van der Waals surface area (Å²) in [5.41, 5.74) is -0.287. The minimum Gasteiger partial charge on any atom is -0.365 e. The van der Waals surface area contributed by atoms with Crippen molar-refractivity contribution in [3.63, 3.8) is 0 Å². The van der Waals surface area contributed by atoms with E-state index in [2.05, 4.69) is 27.7 Å². The van der Waals surface area contributed by atoms with E-state index in [1.807, 2.05) is 13.8 Å². The van der Waals surface area contributed by atoms with Gasteiger partial charge in [0.15, 0.2) is 5.79 Å². The first kappa shape index (κ1) is 15.9. The molecule has 0 aromatic carbocycles. The van der Waals surface area contributed by atoms with Gasteiger partial charge >= 0.3 is 0 Å². The molecule has 0 rings (SSSR count). The van der Waals surface area contributed by atoms with Crippen LogP contribution in [-0.2, 0) is 0 Å². The SMILES string of the molecule is CCCCC(C)(CC(C)(C)C)C(O)(O)CC. The summed E-state index contributed by atoms with van der Waals surface area (Å²) in [4.78, 5) is 0. The van der Waals surface area contributed by atoms with Gasteiger partial charge in [-0.3, -0.25) is 0 Å². The molecule has 0 aliphatic carbocycles. The number of unbranched alkanes of at least 4 members (excludes halogenated alkanes) is 1. The molecule has 0 aromatic heterocycles. The van der Waals surface area contributed by atoms with Gasteiger partial charge < -0.3 is 10.2 Å². The molecule has 0 aliphatic rings. The van der Waals surface area contributed by atoms with Gasteiger partial charge in [-0.1, -0.05) is 54.4 Å². The highest BCUT2D eigenvalue weighted by Crippen LogP contribution is 2.45. The molecule has 1 unspecified atom stereocenters. The summed E-state index contributed by atoms with van der Waals surface area (Å²) in [5.74, 6) is -1.55. The Morgan fingerprint density at radius 1 is 0.938 bits per heavy atom. The Hall–Kier alpha value is -0.0800. The van der Waals surface area contributed by atoms with E-state index in [1.165, 1.54) is 0 Å². The molecule has 2 heteroatoms. The third kappa shape index (κ3) is 4.42. The van der Waals surface area contributed by atoms with Crippen molar-refractivity contribution in [2.24, 2.45) is 10.8 Å². The van der Waals surface area contributed by atoms with Crippen LogP contribution in [0.1, 0.15) is 73.6 Å². The second-order valence-electron chi connectivity index (χ2n) is 6.57. The molecule has 0 aromatic rings. The highest BCUT2D eigenvalue weighted by Gasteiger charge is 2.45. The van der Waals surface area contributed by atoms with Gasteiger partial charge in [0.25, 0.3) is 0 Å². The summed E-state index contributed by atoms with van der Waals surface area (Å²) in [7, 11) is 0. The zero-order valence-corrected chi connectivity index (χ0v) is 11.9. The molecule has 0 saturated heterocycles. The summed E-state index contributed by atoms with van der Waals surface area (Å²) in [5, 5.41) is 20.4. The molecule has 0 amide bonds. The third-order valence-corrected chi connectivity index (χ3v) is 3.46. The van der Waals surface area contributed by atoms with E-state index in [-0.39, 0.29) is 5.41 Å². The van der Waals surface area contributed by atoms with Gasteiger partial charge in [-0.15, -0.1) is 0 Å². The Bertz CT molecular complexity index is 203. The Morgan fingerprint density at radius 2 is 1.44 bits per heavy atom. The highest BCUT2D eigenvalue weighted by atomic mass is 16.5. The lowest BCUT2D eigenvalue weighted by molar-refractivity contribution is -0.250. The van der Waals surface area contributed by atoms with E-state index in [1.54, 1.807) is 0 Å².